The zero-order chi connectivity index (χ0) is 28.3. The van der Waals surface area contributed by atoms with Crippen LogP contribution in [0.2, 0.25) is 5.02 Å². The van der Waals surface area contributed by atoms with E-state index in [2.05, 4.69) is 4.98 Å². The molecule has 1 N–H and O–H groups in total. The molecule has 1 aliphatic heterocycles. The number of nitrogens with zero attached hydrogens (tertiary/aromatic N) is 3. The third-order valence-corrected chi connectivity index (χ3v) is 7.35. The molecular weight excluding hydrogens is 536 g/mol. The minimum atomic E-state index is -1.35. The summed E-state index contributed by atoms with van der Waals surface area (Å²) >= 11 is 6.17. The predicted molar refractivity (Wildman–Crippen MR) is 162 cm³/mol. The van der Waals surface area contributed by atoms with Gasteiger partial charge < -0.3 is 4.98 Å². The number of urea groups is 1. The normalized spacial score (nSPS) is 14.8. The van der Waals surface area contributed by atoms with Gasteiger partial charge in [-0.15, -0.1) is 0 Å². The van der Waals surface area contributed by atoms with Crippen molar-refractivity contribution < 1.29 is 14.4 Å². The summed E-state index contributed by atoms with van der Waals surface area (Å²) in [5, 5.41) is 1.61. The first-order valence-electron chi connectivity index (χ1n) is 13.2. The Hall–Kier alpha value is -5.01. The van der Waals surface area contributed by atoms with Crippen LogP contribution in [0.15, 0.2) is 120 Å². The zero-order valence-corrected chi connectivity index (χ0v) is 22.7. The van der Waals surface area contributed by atoms with Crippen molar-refractivity contribution in [2.24, 2.45) is 10.9 Å². The molecule has 0 atom stereocenters. The molecule has 0 bridgehead atoms. The summed E-state index contributed by atoms with van der Waals surface area (Å²) in [6.45, 7) is 0.321. The number of imide groups is 2. The number of amides is 4. The highest BCUT2D eigenvalue weighted by molar-refractivity contribution is 6.43. The maximum absolute atomic E-state index is 14.1. The van der Waals surface area contributed by atoms with Crippen LogP contribution in [0.4, 0.5) is 16.2 Å². The Balaban J connectivity index is 1.44. The molecule has 5 aromatic rings. The van der Waals surface area contributed by atoms with Gasteiger partial charge in [0.15, 0.2) is 5.92 Å². The maximum atomic E-state index is 14.1. The fraction of sp³-hybridized carbons (Fsp3) is 0.0909. The number of anilines is 2. The molecule has 1 aromatic heterocycles. The van der Waals surface area contributed by atoms with Crippen molar-refractivity contribution in [3.63, 3.8) is 0 Å². The largest absolute Gasteiger partial charge is 0.361 e. The molecule has 0 aliphatic carbocycles. The van der Waals surface area contributed by atoms with Crippen molar-refractivity contribution in [3.8, 4) is 0 Å². The molecule has 1 fully saturated rings. The quantitative estimate of drug-likeness (QED) is 0.178. The summed E-state index contributed by atoms with van der Waals surface area (Å²) in [4.78, 5) is 52.2. The van der Waals surface area contributed by atoms with E-state index in [1.807, 2.05) is 30.5 Å². The fourth-order valence-electron chi connectivity index (χ4n) is 5.12. The molecule has 0 saturated carbocycles. The van der Waals surface area contributed by atoms with Gasteiger partial charge in [-0.3, -0.25) is 14.6 Å². The highest BCUT2D eigenvalue weighted by Gasteiger charge is 2.49. The van der Waals surface area contributed by atoms with Gasteiger partial charge in [0, 0.05) is 28.7 Å². The number of H-pyrrole nitrogens is 1. The number of hydrogen-bond donors (Lipinski definition) is 1. The number of barbiturate groups is 1. The standard InChI is InChI=1S/C33H25ClN4O3/c34-24-17-15-22(16-18-24)30(35-20-19-23-21-36-28-14-8-7-13-27(23)28)29-31(39)37(25-9-3-1-4-10-25)33(41)38(32(29)40)26-11-5-2-6-12-26/h1-18,21,29,36H,19-20H2. The lowest BCUT2D eigenvalue weighted by Gasteiger charge is -2.37. The van der Waals surface area contributed by atoms with Crippen LogP contribution in [0.25, 0.3) is 10.9 Å². The molecular formula is C33H25ClN4O3. The van der Waals surface area contributed by atoms with Gasteiger partial charge in [-0.25, -0.2) is 14.6 Å². The summed E-state index contributed by atoms with van der Waals surface area (Å²) < 4.78 is 0. The molecule has 0 unspecified atom stereocenters. The van der Waals surface area contributed by atoms with Crippen molar-refractivity contribution in [1.29, 1.82) is 0 Å². The number of halogens is 1. The van der Waals surface area contributed by atoms with Gasteiger partial charge in [0.1, 0.15) is 0 Å². The van der Waals surface area contributed by atoms with E-state index in [4.69, 9.17) is 16.6 Å². The van der Waals surface area contributed by atoms with Crippen molar-refractivity contribution >= 4 is 57.4 Å². The van der Waals surface area contributed by atoms with Crippen molar-refractivity contribution in [1.82, 2.24) is 4.98 Å². The number of para-hydroxylation sites is 3. The second-order valence-electron chi connectivity index (χ2n) is 9.62. The monoisotopic (exact) mass is 560 g/mol. The second-order valence-corrected chi connectivity index (χ2v) is 10.1. The lowest BCUT2D eigenvalue weighted by atomic mass is 9.91. The number of aromatic amines is 1. The van der Waals surface area contributed by atoms with E-state index in [1.54, 1.807) is 84.9 Å². The predicted octanol–water partition coefficient (Wildman–Crippen LogP) is 6.67. The number of benzene rings is 4. The molecule has 1 saturated heterocycles. The Morgan fingerprint density at radius 3 is 1.90 bits per heavy atom. The summed E-state index contributed by atoms with van der Waals surface area (Å²) in [7, 11) is 0. The third kappa shape index (κ3) is 5.03. The van der Waals surface area contributed by atoms with Gasteiger partial charge in [0.2, 0.25) is 0 Å². The first kappa shape index (κ1) is 26.2. The van der Waals surface area contributed by atoms with Gasteiger partial charge in [-0.05, 0) is 60.0 Å². The topological polar surface area (TPSA) is 85.8 Å². The van der Waals surface area contributed by atoms with Gasteiger partial charge in [0.25, 0.3) is 11.8 Å². The molecule has 7 nitrogen and oxygen atoms in total. The van der Waals surface area contributed by atoms with Crippen LogP contribution < -0.4 is 9.80 Å². The third-order valence-electron chi connectivity index (χ3n) is 7.10. The molecule has 202 valence electrons. The molecule has 8 heteroatoms. The average molecular weight is 561 g/mol. The molecule has 4 aromatic carbocycles. The van der Waals surface area contributed by atoms with Crippen molar-refractivity contribution in [3.05, 3.63) is 132 Å². The summed E-state index contributed by atoms with van der Waals surface area (Å²) in [5.41, 5.74) is 3.71. The Bertz CT molecular complexity index is 1700. The summed E-state index contributed by atoms with van der Waals surface area (Å²) in [6, 6.07) is 31.4. The Morgan fingerprint density at radius 2 is 1.29 bits per heavy atom. The van der Waals surface area contributed by atoms with Crippen molar-refractivity contribution in [2.75, 3.05) is 16.3 Å². The van der Waals surface area contributed by atoms with E-state index in [0.717, 1.165) is 26.3 Å². The van der Waals surface area contributed by atoms with E-state index in [9.17, 15) is 14.4 Å². The highest BCUT2D eigenvalue weighted by atomic mass is 35.5. The first-order chi connectivity index (χ1) is 20.0. The number of fused-ring (bicyclic) bond motifs is 1. The second kappa shape index (κ2) is 11.2. The number of nitrogens with one attached hydrogen (secondary N) is 1. The zero-order valence-electron chi connectivity index (χ0n) is 21.9. The molecule has 6 rings (SSSR count). The van der Waals surface area contributed by atoms with E-state index < -0.39 is 23.8 Å². The Kier molecular flexibility index (Phi) is 7.18. The van der Waals surface area contributed by atoms with E-state index in [1.165, 1.54) is 0 Å². The average Bonchev–Trinajstić information content (AvgIpc) is 3.41. The van der Waals surface area contributed by atoms with E-state index in [-0.39, 0.29) is 5.71 Å². The fourth-order valence-corrected chi connectivity index (χ4v) is 5.25. The summed E-state index contributed by atoms with van der Waals surface area (Å²) in [6.07, 6.45) is 2.53. The van der Waals surface area contributed by atoms with Crippen LogP contribution in [0, 0.1) is 5.92 Å². The first-order valence-corrected chi connectivity index (χ1v) is 13.6. The molecule has 0 spiro atoms. The van der Waals surface area contributed by atoms with Crippen LogP contribution in [0.3, 0.4) is 0 Å². The number of carbonyl (C=O) groups excluding carboxylic acids is 3. The van der Waals surface area contributed by atoms with Crippen LogP contribution >= 0.6 is 11.6 Å². The van der Waals surface area contributed by atoms with Gasteiger partial charge in [-0.2, -0.15) is 0 Å². The van der Waals surface area contributed by atoms with E-state index >= 15 is 0 Å². The molecule has 41 heavy (non-hydrogen) atoms. The van der Waals surface area contributed by atoms with Crippen LogP contribution in [-0.2, 0) is 16.0 Å². The summed E-state index contributed by atoms with van der Waals surface area (Å²) in [5.74, 6) is -2.66. The van der Waals surface area contributed by atoms with Gasteiger partial charge in [-0.1, -0.05) is 78.3 Å². The van der Waals surface area contributed by atoms with Crippen LogP contribution in [0.5, 0.6) is 0 Å². The Morgan fingerprint density at radius 1 is 0.732 bits per heavy atom. The van der Waals surface area contributed by atoms with Crippen LogP contribution in [-0.4, -0.2) is 35.1 Å². The van der Waals surface area contributed by atoms with Gasteiger partial charge in [0.05, 0.1) is 17.1 Å². The maximum Gasteiger partial charge on any atom is 0.342 e. The minimum absolute atomic E-state index is 0.283. The van der Waals surface area contributed by atoms with E-state index in [0.29, 0.717) is 34.9 Å². The SMILES string of the molecule is O=C1C(C(=NCCc2c[nH]c3ccccc23)c2ccc(Cl)cc2)C(=O)N(c2ccccc2)C(=O)N1c1ccccc1. The van der Waals surface area contributed by atoms with Crippen molar-refractivity contribution in [2.45, 2.75) is 6.42 Å². The number of carbonyl (C=O) groups is 3. The smallest absolute Gasteiger partial charge is 0.342 e. The molecule has 0 radical (unpaired) electrons. The lowest BCUT2D eigenvalue weighted by molar-refractivity contribution is -0.129. The van der Waals surface area contributed by atoms with Gasteiger partial charge >= 0.3 is 6.03 Å². The Labute approximate surface area is 241 Å². The number of aliphatic imine (C=N–C) groups is 1. The van der Waals surface area contributed by atoms with Crippen LogP contribution in [0.1, 0.15) is 11.1 Å². The number of rotatable bonds is 7. The number of hydrogen-bond acceptors (Lipinski definition) is 4. The lowest BCUT2D eigenvalue weighted by Crippen LogP contribution is -2.62. The highest BCUT2D eigenvalue weighted by Crippen LogP contribution is 2.31. The molecule has 1 aliphatic rings. The minimum Gasteiger partial charge on any atom is -0.361 e. The molecule has 2 heterocycles. The number of aromatic nitrogens is 1. The molecule has 4 amide bonds.